The number of carbonyl (C=O) groups is 1. The van der Waals surface area contributed by atoms with Crippen molar-refractivity contribution in [2.24, 2.45) is 0 Å². The maximum absolute atomic E-state index is 12.3. The molecule has 1 aliphatic rings. The Morgan fingerprint density at radius 3 is 2.59 bits per heavy atom. The van der Waals surface area contributed by atoms with Crippen molar-refractivity contribution in [3.8, 4) is 0 Å². The fraction of sp³-hybridized carbons (Fsp3) is 0.353. The molecule has 22 heavy (non-hydrogen) atoms. The van der Waals surface area contributed by atoms with E-state index in [1.165, 1.54) is 5.69 Å². The lowest BCUT2D eigenvalue weighted by molar-refractivity contribution is -0.130. The van der Waals surface area contributed by atoms with Crippen molar-refractivity contribution in [1.29, 1.82) is 0 Å². The Bertz CT molecular complexity index is 636. The highest BCUT2D eigenvalue weighted by atomic mass is 16.2. The molecule has 0 unspecified atom stereocenters. The molecule has 114 valence electrons. The third-order valence-electron chi connectivity index (χ3n) is 3.94. The lowest BCUT2D eigenvalue weighted by Gasteiger charge is -2.36. The van der Waals surface area contributed by atoms with E-state index in [1.807, 2.05) is 42.3 Å². The van der Waals surface area contributed by atoms with Crippen LogP contribution in [-0.4, -0.2) is 47.0 Å². The lowest BCUT2D eigenvalue weighted by Crippen LogP contribution is -2.49. The van der Waals surface area contributed by atoms with Gasteiger partial charge in [0.2, 0.25) is 5.91 Å². The van der Waals surface area contributed by atoms with Gasteiger partial charge >= 0.3 is 0 Å². The summed E-state index contributed by atoms with van der Waals surface area (Å²) in [7, 11) is 0. The number of rotatable bonds is 3. The number of hydrogen-bond acceptors (Lipinski definition) is 4. The van der Waals surface area contributed by atoms with Crippen molar-refractivity contribution in [3.05, 3.63) is 54.1 Å². The molecule has 1 aliphatic heterocycles. The Kier molecular flexibility index (Phi) is 4.32. The van der Waals surface area contributed by atoms with Crippen molar-refractivity contribution in [2.45, 2.75) is 13.3 Å². The molecule has 2 aromatic rings. The first kappa shape index (κ1) is 14.5. The van der Waals surface area contributed by atoms with Crippen molar-refractivity contribution >= 4 is 11.6 Å². The predicted molar refractivity (Wildman–Crippen MR) is 85.7 cm³/mol. The third-order valence-corrected chi connectivity index (χ3v) is 3.94. The molecular weight excluding hydrogens is 276 g/mol. The first-order valence-electron chi connectivity index (χ1n) is 7.58. The van der Waals surface area contributed by atoms with Gasteiger partial charge in [-0.05, 0) is 31.2 Å². The van der Waals surface area contributed by atoms with E-state index in [4.69, 9.17) is 0 Å². The van der Waals surface area contributed by atoms with Crippen LogP contribution in [-0.2, 0) is 11.2 Å². The van der Waals surface area contributed by atoms with Crippen LogP contribution >= 0.6 is 0 Å². The molecule has 1 saturated heterocycles. The van der Waals surface area contributed by atoms with Gasteiger partial charge in [-0.15, -0.1) is 0 Å². The van der Waals surface area contributed by atoms with Gasteiger partial charge in [0.1, 0.15) is 0 Å². The van der Waals surface area contributed by atoms with Crippen LogP contribution in [0.3, 0.4) is 0 Å². The number of carbonyl (C=O) groups excluding carboxylic acids is 1. The van der Waals surface area contributed by atoms with Gasteiger partial charge in [-0.1, -0.05) is 6.07 Å². The summed E-state index contributed by atoms with van der Waals surface area (Å²) in [6, 6.07) is 9.79. The van der Waals surface area contributed by atoms with E-state index < -0.39 is 0 Å². The Morgan fingerprint density at radius 1 is 1.09 bits per heavy atom. The second kappa shape index (κ2) is 6.56. The lowest BCUT2D eigenvalue weighted by atomic mass is 10.2. The zero-order chi connectivity index (χ0) is 15.4. The number of anilines is 1. The van der Waals surface area contributed by atoms with Gasteiger partial charge in [0.25, 0.3) is 0 Å². The minimum atomic E-state index is 0.157. The van der Waals surface area contributed by atoms with E-state index in [0.29, 0.717) is 6.42 Å². The van der Waals surface area contributed by atoms with Gasteiger partial charge in [0.05, 0.1) is 6.42 Å². The Morgan fingerprint density at radius 2 is 1.91 bits per heavy atom. The van der Waals surface area contributed by atoms with Gasteiger partial charge in [0, 0.05) is 55.6 Å². The summed E-state index contributed by atoms with van der Waals surface area (Å²) in [5.41, 5.74) is 3.04. The summed E-state index contributed by atoms with van der Waals surface area (Å²) < 4.78 is 0. The zero-order valence-electron chi connectivity index (χ0n) is 12.8. The van der Waals surface area contributed by atoms with Crippen LogP contribution in [0, 0.1) is 6.92 Å². The van der Waals surface area contributed by atoms with Crippen molar-refractivity contribution in [1.82, 2.24) is 14.9 Å². The van der Waals surface area contributed by atoms with Gasteiger partial charge < -0.3 is 9.80 Å². The van der Waals surface area contributed by atoms with Crippen LogP contribution in [0.2, 0.25) is 0 Å². The number of hydrogen-bond donors (Lipinski definition) is 0. The Hall–Kier alpha value is -2.43. The Labute approximate surface area is 130 Å². The first-order valence-corrected chi connectivity index (χ1v) is 7.58. The average Bonchev–Trinajstić information content (AvgIpc) is 2.56. The van der Waals surface area contributed by atoms with Gasteiger partial charge in [0.15, 0.2) is 0 Å². The Balaban J connectivity index is 1.56. The zero-order valence-corrected chi connectivity index (χ0v) is 12.8. The van der Waals surface area contributed by atoms with E-state index in [2.05, 4.69) is 20.9 Å². The molecule has 1 fully saturated rings. The van der Waals surface area contributed by atoms with E-state index in [-0.39, 0.29) is 5.91 Å². The number of aryl methyl sites for hydroxylation is 1. The van der Waals surface area contributed by atoms with Crippen molar-refractivity contribution < 1.29 is 4.79 Å². The molecule has 0 spiro atoms. The molecule has 0 saturated carbocycles. The van der Waals surface area contributed by atoms with Gasteiger partial charge in [-0.3, -0.25) is 14.8 Å². The maximum Gasteiger partial charge on any atom is 0.228 e. The molecule has 3 heterocycles. The highest BCUT2D eigenvalue weighted by Gasteiger charge is 2.21. The second-order valence-electron chi connectivity index (χ2n) is 5.52. The van der Waals surface area contributed by atoms with E-state index in [9.17, 15) is 4.79 Å². The topological polar surface area (TPSA) is 49.3 Å². The molecule has 1 amide bonds. The minimum absolute atomic E-state index is 0.157. The first-order chi connectivity index (χ1) is 10.7. The van der Waals surface area contributed by atoms with Gasteiger partial charge in [-0.25, -0.2) is 0 Å². The number of aromatic nitrogens is 2. The summed E-state index contributed by atoms with van der Waals surface area (Å²) in [4.78, 5) is 25.0. The number of pyridine rings is 2. The molecule has 0 aliphatic carbocycles. The van der Waals surface area contributed by atoms with Crippen molar-refractivity contribution in [2.75, 3.05) is 31.1 Å². The molecule has 5 heteroatoms. The number of amides is 1. The van der Waals surface area contributed by atoms with Gasteiger partial charge in [-0.2, -0.15) is 0 Å². The summed E-state index contributed by atoms with van der Waals surface area (Å²) in [6.45, 7) is 5.23. The molecule has 5 nitrogen and oxygen atoms in total. The maximum atomic E-state index is 12.3. The molecule has 0 bridgehead atoms. The fourth-order valence-corrected chi connectivity index (χ4v) is 2.71. The van der Waals surface area contributed by atoms with E-state index >= 15 is 0 Å². The number of nitrogens with zero attached hydrogens (tertiary/aromatic N) is 4. The average molecular weight is 296 g/mol. The molecule has 0 atom stereocenters. The standard InChI is InChI=1S/C17H20N4O/c1-14-12-16(5-7-18-14)20-8-10-21(11-9-20)17(22)13-15-4-2-3-6-19-15/h2-7,12H,8-11,13H2,1H3. The summed E-state index contributed by atoms with van der Waals surface area (Å²) in [5, 5.41) is 0. The smallest absolute Gasteiger partial charge is 0.228 e. The second-order valence-corrected chi connectivity index (χ2v) is 5.52. The van der Waals surface area contributed by atoms with Crippen LogP contribution in [0.15, 0.2) is 42.7 Å². The normalized spacial score (nSPS) is 15.0. The van der Waals surface area contributed by atoms with Crippen LogP contribution in [0.5, 0.6) is 0 Å². The highest BCUT2D eigenvalue weighted by molar-refractivity contribution is 5.78. The fourth-order valence-electron chi connectivity index (χ4n) is 2.71. The predicted octanol–water partition coefficient (Wildman–Crippen LogP) is 1.68. The highest BCUT2D eigenvalue weighted by Crippen LogP contribution is 2.16. The summed E-state index contributed by atoms with van der Waals surface area (Å²) in [6.07, 6.45) is 3.95. The van der Waals surface area contributed by atoms with Crippen LogP contribution in [0.4, 0.5) is 5.69 Å². The molecule has 2 aromatic heterocycles. The SMILES string of the molecule is Cc1cc(N2CCN(C(=O)Cc3ccccn3)CC2)ccn1. The van der Waals surface area contributed by atoms with Crippen LogP contribution < -0.4 is 4.90 Å². The summed E-state index contributed by atoms with van der Waals surface area (Å²) >= 11 is 0. The summed E-state index contributed by atoms with van der Waals surface area (Å²) in [5.74, 6) is 0.157. The molecule has 0 aromatic carbocycles. The quantitative estimate of drug-likeness (QED) is 0.864. The third kappa shape index (κ3) is 3.42. The molecular formula is C17H20N4O. The monoisotopic (exact) mass is 296 g/mol. The number of piperazine rings is 1. The molecule has 0 radical (unpaired) electrons. The van der Waals surface area contributed by atoms with E-state index in [0.717, 1.165) is 37.6 Å². The van der Waals surface area contributed by atoms with E-state index in [1.54, 1.807) is 6.20 Å². The van der Waals surface area contributed by atoms with Crippen LogP contribution in [0.1, 0.15) is 11.4 Å². The van der Waals surface area contributed by atoms with Crippen molar-refractivity contribution in [3.63, 3.8) is 0 Å². The largest absolute Gasteiger partial charge is 0.368 e. The molecule has 3 rings (SSSR count). The minimum Gasteiger partial charge on any atom is -0.368 e. The van der Waals surface area contributed by atoms with Crippen LogP contribution in [0.25, 0.3) is 0 Å². The molecule has 0 N–H and O–H groups in total.